The zero-order valence-electron chi connectivity index (χ0n) is 18.7. The number of hydrogen-bond acceptors (Lipinski definition) is 3. The number of fused-ring (bicyclic) bond motifs is 1. The minimum atomic E-state index is -0.860. The summed E-state index contributed by atoms with van der Waals surface area (Å²) in [6.07, 6.45) is 5.78. The molecule has 3 aromatic carbocycles. The number of para-hydroxylation sites is 2. The van der Waals surface area contributed by atoms with Gasteiger partial charge in [0.15, 0.2) is 0 Å². The predicted molar refractivity (Wildman–Crippen MR) is 134 cm³/mol. The number of carboxylic acids is 1. The van der Waals surface area contributed by atoms with Gasteiger partial charge in [0.05, 0.1) is 12.3 Å². The van der Waals surface area contributed by atoms with E-state index in [-0.39, 0.29) is 18.9 Å². The smallest absolute Gasteiger partial charge is 0.303 e. The van der Waals surface area contributed by atoms with Crippen LogP contribution in [0.15, 0.2) is 91.1 Å². The molecule has 172 valence electrons. The second-order valence-corrected chi connectivity index (χ2v) is 7.91. The summed E-state index contributed by atoms with van der Waals surface area (Å²) in [5.74, 6) is -0.625. The molecule has 0 spiro atoms. The fourth-order valence-corrected chi connectivity index (χ4v) is 3.69. The van der Waals surface area contributed by atoms with Crippen molar-refractivity contribution >= 4 is 34.5 Å². The van der Waals surface area contributed by atoms with Crippen molar-refractivity contribution in [3.63, 3.8) is 0 Å². The van der Waals surface area contributed by atoms with Crippen LogP contribution in [0.4, 0.5) is 5.69 Å². The number of aromatic nitrogens is 1. The average Bonchev–Trinajstić information content (AvgIpc) is 3.24. The van der Waals surface area contributed by atoms with Crippen molar-refractivity contribution in [3.05, 3.63) is 102 Å². The van der Waals surface area contributed by atoms with Crippen molar-refractivity contribution in [1.82, 2.24) is 4.57 Å². The van der Waals surface area contributed by atoms with Gasteiger partial charge in [0.1, 0.15) is 5.75 Å². The second-order valence-electron chi connectivity index (χ2n) is 7.91. The van der Waals surface area contributed by atoms with E-state index >= 15 is 0 Å². The molecule has 0 unspecified atom stereocenters. The zero-order valence-corrected chi connectivity index (χ0v) is 18.7. The highest BCUT2D eigenvalue weighted by Crippen LogP contribution is 2.24. The lowest BCUT2D eigenvalue weighted by Crippen LogP contribution is -2.10. The van der Waals surface area contributed by atoms with Crippen LogP contribution in [0.3, 0.4) is 0 Å². The Morgan fingerprint density at radius 2 is 1.76 bits per heavy atom. The minimum Gasteiger partial charge on any atom is -0.491 e. The topological polar surface area (TPSA) is 80.6 Å². The van der Waals surface area contributed by atoms with E-state index in [1.807, 2.05) is 24.3 Å². The lowest BCUT2D eigenvalue weighted by atomic mass is 10.1. The molecule has 2 N–H and O–H groups in total. The summed E-state index contributed by atoms with van der Waals surface area (Å²) in [5, 5.41) is 12.7. The Balaban J connectivity index is 1.38. The van der Waals surface area contributed by atoms with Crippen molar-refractivity contribution in [1.29, 1.82) is 0 Å². The summed E-state index contributed by atoms with van der Waals surface area (Å²) in [6.45, 7) is 1.07. The Kier molecular flexibility index (Phi) is 7.40. The van der Waals surface area contributed by atoms with Gasteiger partial charge in [-0.15, -0.1) is 0 Å². The minimum absolute atomic E-state index is 0.0389. The predicted octanol–water partition coefficient (Wildman–Crippen LogP) is 5.59. The van der Waals surface area contributed by atoms with E-state index in [2.05, 4.69) is 46.4 Å². The first-order valence-electron chi connectivity index (χ1n) is 11.1. The van der Waals surface area contributed by atoms with E-state index < -0.39 is 5.97 Å². The third kappa shape index (κ3) is 6.13. The molecule has 0 atom stereocenters. The first kappa shape index (κ1) is 22.9. The van der Waals surface area contributed by atoms with E-state index in [4.69, 9.17) is 9.84 Å². The third-order valence-electron chi connectivity index (χ3n) is 5.36. The van der Waals surface area contributed by atoms with Crippen LogP contribution in [0.2, 0.25) is 0 Å². The number of ether oxygens (including phenoxy) is 1. The lowest BCUT2D eigenvalue weighted by molar-refractivity contribution is -0.137. The summed E-state index contributed by atoms with van der Waals surface area (Å²) in [4.78, 5) is 23.1. The number of rotatable bonds is 10. The molecule has 0 radical (unpaired) electrons. The summed E-state index contributed by atoms with van der Waals surface area (Å²) in [7, 11) is 0. The van der Waals surface area contributed by atoms with Crippen molar-refractivity contribution in [2.75, 3.05) is 11.9 Å². The van der Waals surface area contributed by atoms with E-state index in [0.29, 0.717) is 17.9 Å². The summed E-state index contributed by atoms with van der Waals surface area (Å²) in [6, 6.07) is 25.6. The Hall–Kier alpha value is -4.32. The average molecular weight is 455 g/mol. The number of carbonyl (C=O) groups excluding carboxylic acids is 1. The molecule has 1 heterocycles. The van der Waals surface area contributed by atoms with Gasteiger partial charge in [-0.2, -0.15) is 0 Å². The van der Waals surface area contributed by atoms with Crippen molar-refractivity contribution < 1.29 is 19.4 Å². The quantitative estimate of drug-likeness (QED) is 0.242. The molecule has 6 heteroatoms. The van der Waals surface area contributed by atoms with E-state index in [9.17, 15) is 9.59 Å². The summed E-state index contributed by atoms with van der Waals surface area (Å²) in [5.41, 5.74) is 3.85. The molecular weight excluding hydrogens is 428 g/mol. The lowest BCUT2D eigenvalue weighted by Gasteiger charge is -2.11. The number of amides is 1. The maximum Gasteiger partial charge on any atom is 0.303 e. The number of benzene rings is 3. The van der Waals surface area contributed by atoms with Gasteiger partial charge in [-0.25, -0.2) is 0 Å². The van der Waals surface area contributed by atoms with Gasteiger partial charge in [-0.1, -0.05) is 48.5 Å². The Morgan fingerprint density at radius 3 is 2.59 bits per heavy atom. The van der Waals surface area contributed by atoms with Crippen molar-refractivity contribution in [2.24, 2.45) is 0 Å². The monoisotopic (exact) mass is 454 g/mol. The summed E-state index contributed by atoms with van der Waals surface area (Å²) >= 11 is 0. The molecular formula is C28H26N2O4. The largest absolute Gasteiger partial charge is 0.491 e. The first-order valence-corrected chi connectivity index (χ1v) is 11.1. The second kappa shape index (κ2) is 11.0. The fraction of sp³-hybridized carbons (Fsp3) is 0.143. The first-order chi connectivity index (χ1) is 16.6. The number of nitrogens with zero attached hydrogens (tertiary/aromatic N) is 1. The number of hydrogen-bond donors (Lipinski definition) is 2. The highest BCUT2D eigenvalue weighted by atomic mass is 16.5. The molecule has 1 amide bonds. The van der Waals surface area contributed by atoms with Crippen LogP contribution >= 0.6 is 0 Å². The van der Waals surface area contributed by atoms with Crippen LogP contribution in [-0.4, -0.2) is 28.2 Å². The molecule has 0 bridgehead atoms. The molecule has 1 aromatic heterocycles. The molecule has 4 aromatic rings. The number of carbonyl (C=O) groups is 2. The van der Waals surface area contributed by atoms with Gasteiger partial charge in [0, 0.05) is 36.1 Å². The number of carboxylic acid groups (broad SMARTS) is 1. The van der Waals surface area contributed by atoms with Crippen LogP contribution in [0.1, 0.15) is 24.0 Å². The zero-order chi connectivity index (χ0) is 23.8. The van der Waals surface area contributed by atoms with E-state index in [1.165, 1.54) is 11.6 Å². The molecule has 0 saturated carbocycles. The Labute approximate surface area is 198 Å². The van der Waals surface area contributed by atoms with Gasteiger partial charge >= 0.3 is 5.97 Å². The number of anilines is 1. The molecule has 0 aliphatic rings. The fourth-order valence-electron chi connectivity index (χ4n) is 3.69. The Bertz CT molecular complexity index is 1310. The van der Waals surface area contributed by atoms with Crippen LogP contribution in [0, 0.1) is 0 Å². The number of aliphatic carboxylic acids is 1. The molecule has 34 heavy (non-hydrogen) atoms. The molecule has 0 saturated heterocycles. The van der Waals surface area contributed by atoms with Crippen LogP contribution < -0.4 is 10.1 Å². The van der Waals surface area contributed by atoms with Gasteiger partial charge in [-0.05, 0) is 54.0 Å². The maximum atomic E-state index is 12.5. The molecule has 0 fully saturated rings. The van der Waals surface area contributed by atoms with Gasteiger partial charge < -0.3 is 19.7 Å². The third-order valence-corrected chi connectivity index (χ3v) is 5.36. The molecule has 6 nitrogen and oxygen atoms in total. The van der Waals surface area contributed by atoms with Crippen molar-refractivity contribution in [2.45, 2.75) is 19.4 Å². The SMILES string of the molecule is O=C(O)CCCOc1ccccc1NC(=O)C=Cc1ccc2c(ccn2Cc2ccccc2)c1. The van der Waals surface area contributed by atoms with E-state index in [1.54, 1.807) is 30.3 Å². The standard InChI is InChI=1S/C28H26N2O4/c31-27(29-24-9-4-5-10-26(24)34-18-6-11-28(32)33)15-13-21-12-14-25-23(19-21)16-17-30(25)20-22-7-2-1-3-8-22/h1-5,7-10,12-17,19H,6,11,18,20H2,(H,29,31)(H,32,33). The van der Waals surface area contributed by atoms with Gasteiger partial charge in [0.2, 0.25) is 5.91 Å². The number of nitrogens with one attached hydrogen (secondary N) is 1. The van der Waals surface area contributed by atoms with Gasteiger partial charge in [-0.3, -0.25) is 9.59 Å². The highest BCUT2D eigenvalue weighted by Gasteiger charge is 2.07. The van der Waals surface area contributed by atoms with E-state index in [0.717, 1.165) is 23.0 Å². The molecule has 4 rings (SSSR count). The van der Waals surface area contributed by atoms with Crippen molar-refractivity contribution in [3.8, 4) is 5.75 Å². The van der Waals surface area contributed by atoms with Crippen LogP contribution in [0.25, 0.3) is 17.0 Å². The summed E-state index contributed by atoms with van der Waals surface area (Å²) < 4.78 is 7.85. The van der Waals surface area contributed by atoms with Crippen LogP contribution in [-0.2, 0) is 16.1 Å². The maximum absolute atomic E-state index is 12.5. The Morgan fingerprint density at radius 1 is 0.971 bits per heavy atom. The van der Waals surface area contributed by atoms with Gasteiger partial charge in [0.25, 0.3) is 0 Å². The normalized spacial score (nSPS) is 11.1. The highest BCUT2D eigenvalue weighted by molar-refractivity contribution is 6.03. The molecule has 0 aliphatic carbocycles. The molecule has 0 aliphatic heterocycles. The van der Waals surface area contributed by atoms with Crippen LogP contribution in [0.5, 0.6) is 5.75 Å².